The Balaban J connectivity index is 2.38. The summed E-state index contributed by atoms with van der Waals surface area (Å²) >= 11 is 6.90. The lowest BCUT2D eigenvalue weighted by Gasteiger charge is -2.10. The van der Waals surface area contributed by atoms with E-state index in [0.29, 0.717) is 9.21 Å². The van der Waals surface area contributed by atoms with Gasteiger partial charge in [-0.1, -0.05) is 11.6 Å². The van der Waals surface area contributed by atoms with Gasteiger partial charge in [0.2, 0.25) is 0 Å². The molecule has 0 fully saturated rings. The fraction of sp³-hybridized carbons (Fsp3) is 0.133. The molecular weight excluding hydrogens is 342 g/mol. The smallest absolute Gasteiger partial charge is 0.339 e. The number of anilines is 1. The Hall–Kier alpha value is -2.38. The number of methoxy groups -OCH3 is 2. The van der Waals surface area contributed by atoms with E-state index in [2.05, 4.69) is 14.8 Å². The SMILES string of the molecule is COC(=O)c1ccc(C(=O)OC)c(NC(=O)c2ccc(Cl)s2)c1. The number of hydrogen-bond acceptors (Lipinski definition) is 6. The summed E-state index contributed by atoms with van der Waals surface area (Å²) in [5, 5.41) is 2.58. The van der Waals surface area contributed by atoms with E-state index in [1.54, 1.807) is 12.1 Å². The first-order valence-electron chi connectivity index (χ1n) is 6.33. The van der Waals surface area contributed by atoms with Crippen LogP contribution in [0.25, 0.3) is 0 Å². The van der Waals surface area contributed by atoms with Gasteiger partial charge in [0.1, 0.15) is 0 Å². The van der Waals surface area contributed by atoms with E-state index in [0.717, 1.165) is 11.3 Å². The van der Waals surface area contributed by atoms with Crippen molar-refractivity contribution < 1.29 is 23.9 Å². The molecule has 0 saturated heterocycles. The van der Waals surface area contributed by atoms with Crippen LogP contribution in [-0.2, 0) is 9.47 Å². The Kier molecular flexibility index (Phi) is 5.36. The molecule has 0 aliphatic carbocycles. The van der Waals surface area contributed by atoms with Crippen molar-refractivity contribution in [2.75, 3.05) is 19.5 Å². The Labute approximate surface area is 141 Å². The van der Waals surface area contributed by atoms with Crippen LogP contribution < -0.4 is 5.32 Å². The number of hydrogen-bond donors (Lipinski definition) is 1. The zero-order valence-corrected chi connectivity index (χ0v) is 13.8. The van der Waals surface area contributed by atoms with Gasteiger partial charge in [-0.25, -0.2) is 9.59 Å². The predicted octanol–water partition coefficient (Wildman–Crippen LogP) is 3.23. The van der Waals surface area contributed by atoms with E-state index in [-0.39, 0.29) is 16.8 Å². The quantitative estimate of drug-likeness (QED) is 0.853. The van der Waals surface area contributed by atoms with Gasteiger partial charge in [0.25, 0.3) is 5.91 Å². The first-order valence-corrected chi connectivity index (χ1v) is 7.53. The van der Waals surface area contributed by atoms with Crippen LogP contribution in [0.4, 0.5) is 5.69 Å². The Morgan fingerprint density at radius 1 is 1.04 bits per heavy atom. The van der Waals surface area contributed by atoms with E-state index < -0.39 is 17.8 Å². The summed E-state index contributed by atoms with van der Waals surface area (Å²) < 4.78 is 9.76. The van der Waals surface area contributed by atoms with Crippen molar-refractivity contribution in [1.29, 1.82) is 0 Å². The largest absolute Gasteiger partial charge is 0.465 e. The van der Waals surface area contributed by atoms with Crippen molar-refractivity contribution in [1.82, 2.24) is 0 Å². The molecule has 2 rings (SSSR count). The van der Waals surface area contributed by atoms with E-state index in [4.69, 9.17) is 11.6 Å². The molecule has 23 heavy (non-hydrogen) atoms. The van der Waals surface area contributed by atoms with Gasteiger partial charge in [0, 0.05) is 0 Å². The van der Waals surface area contributed by atoms with Crippen LogP contribution in [0.1, 0.15) is 30.4 Å². The molecule has 1 aromatic heterocycles. The van der Waals surface area contributed by atoms with Gasteiger partial charge in [-0.3, -0.25) is 4.79 Å². The third-order valence-electron chi connectivity index (χ3n) is 2.89. The van der Waals surface area contributed by atoms with Gasteiger partial charge >= 0.3 is 11.9 Å². The number of halogens is 1. The zero-order valence-electron chi connectivity index (χ0n) is 12.2. The van der Waals surface area contributed by atoms with Gasteiger partial charge in [0.05, 0.1) is 40.2 Å². The lowest BCUT2D eigenvalue weighted by Crippen LogP contribution is -2.15. The third kappa shape index (κ3) is 3.88. The summed E-state index contributed by atoms with van der Waals surface area (Å²) in [6.07, 6.45) is 0. The first kappa shape index (κ1) is 17.0. The molecule has 0 atom stereocenters. The molecule has 0 aliphatic rings. The minimum Gasteiger partial charge on any atom is -0.465 e. The average Bonchev–Trinajstić information content (AvgIpc) is 3.00. The highest BCUT2D eigenvalue weighted by molar-refractivity contribution is 7.18. The maximum Gasteiger partial charge on any atom is 0.339 e. The van der Waals surface area contributed by atoms with Crippen molar-refractivity contribution in [2.24, 2.45) is 0 Å². The highest BCUT2D eigenvalue weighted by Crippen LogP contribution is 2.24. The van der Waals surface area contributed by atoms with E-state index in [1.165, 1.54) is 32.4 Å². The molecule has 1 amide bonds. The highest BCUT2D eigenvalue weighted by atomic mass is 35.5. The molecule has 6 nitrogen and oxygen atoms in total. The van der Waals surface area contributed by atoms with Crippen LogP contribution in [0, 0.1) is 0 Å². The first-order chi connectivity index (χ1) is 11.0. The van der Waals surface area contributed by atoms with Gasteiger partial charge in [-0.15, -0.1) is 11.3 Å². The molecule has 0 saturated carbocycles. The monoisotopic (exact) mass is 353 g/mol. The van der Waals surface area contributed by atoms with Crippen LogP contribution in [0.2, 0.25) is 4.34 Å². The number of ether oxygens (including phenoxy) is 2. The van der Waals surface area contributed by atoms with Crippen LogP contribution in [0.5, 0.6) is 0 Å². The second-order valence-corrected chi connectivity index (χ2v) is 6.02. The molecule has 1 N–H and O–H groups in total. The molecule has 2 aromatic rings. The van der Waals surface area contributed by atoms with Crippen LogP contribution in [-0.4, -0.2) is 32.1 Å². The number of carbonyl (C=O) groups is 3. The van der Waals surface area contributed by atoms with Gasteiger partial charge in [-0.2, -0.15) is 0 Å². The second-order valence-electron chi connectivity index (χ2n) is 4.30. The fourth-order valence-corrected chi connectivity index (χ4v) is 2.74. The van der Waals surface area contributed by atoms with Crippen molar-refractivity contribution in [3.8, 4) is 0 Å². The summed E-state index contributed by atoms with van der Waals surface area (Å²) in [7, 11) is 2.46. The number of thiophene rings is 1. The normalized spacial score (nSPS) is 10.0. The van der Waals surface area contributed by atoms with Crippen LogP contribution in [0.15, 0.2) is 30.3 Å². The van der Waals surface area contributed by atoms with Crippen molar-refractivity contribution in [3.05, 3.63) is 50.7 Å². The summed E-state index contributed by atoms with van der Waals surface area (Å²) in [6.45, 7) is 0. The number of amides is 1. The molecular formula is C15H12ClNO5S. The average molecular weight is 354 g/mol. The zero-order chi connectivity index (χ0) is 17.0. The number of carbonyl (C=O) groups excluding carboxylic acids is 3. The number of benzene rings is 1. The maximum absolute atomic E-state index is 12.2. The summed E-state index contributed by atoms with van der Waals surface area (Å²) in [4.78, 5) is 36.0. The Morgan fingerprint density at radius 3 is 2.30 bits per heavy atom. The predicted molar refractivity (Wildman–Crippen MR) is 86.4 cm³/mol. The molecule has 0 spiro atoms. The Bertz CT molecular complexity index is 771. The lowest BCUT2D eigenvalue weighted by atomic mass is 10.1. The standard InChI is InChI=1S/C15H12ClNO5S/c1-21-14(19)8-3-4-9(15(20)22-2)10(7-8)17-13(18)11-5-6-12(16)23-11/h3-7H,1-2H3,(H,17,18). The Morgan fingerprint density at radius 2 is 1.74 bits per heavy atom. The van der Waals surface area contributed by atoms with Crippen LogP contribution in [0.3, 0.4) is 0 Å². The second kappa shape index (κ2) is 7.26. The van der Waals surface area contributed by atoms with Crippen molar-refractivity contribution in [3.63, 3.8) is 0 Å². The molecule has 120 valence electrons. The minimum atomic E-state index is -0.638. The van der Waals surface area contributed by atoms with Crippen molar-refractivity contribution >= 4 is 46.5 Å². The maximum atomic E-state index is 12.2. The summed E-state index contributed by atoms with van der Waals surface area (Å²) in [5.74, 6) is -1.67. The molecule has 1 heterocycles. The van der Waals surface area contributed by atoms with Gasteiger partial charge < -0.3 is 14.8 Å². The number of esters is 2. The molecule has 0 radical (unpaired) electrons. The van der Waals surface area contributed by atoms with E-state index >= 15 is 0 Å². The fourth-order valence-electron chi connectivity index (χ4n) is 1.80. The molecule has 0 aliphatic heterocycles. The van der Waals surface area contributed by atoms with Crippen LogP contribution >= 0.6 is 22.9 Å². The van der Waals surface area contributed by atoms with E-state index in [1.807, 2.05) is 0 Å². The lowest BCUT2D eigenvalue weighted by molar-refractivity contribution is 0.0587. The molecule has 0 unspecified atom stereocenters. The van der Waals surface area contributed by atoms with Crippen molar-refractivity contribution in [2.45, 2.75) is 0 Å². The molecule has 0 bridgehead atoms. The van der Waals surface area contributed by atoms with E-state index in [9.17, 15) is 14.4 Å². The summed E-state index contributed by atoms with van der Waals surface area (Å²) in [5.41, 5.74) is 0.463. The third-order valence-corrected chi connectivity index (χ3v) is 4.12. The number of nitrogens with one attached hydrogen (secondary N) is 1. The summed E-state index contributed by atoms with van der Waals surface area (Å²) in [6, 6.07) is 7.30. The van der Waals surface area contributed by atoms with Gasteiger partial charge in [-0.05, 0) is 30.3 Å². The molecule has 1 aromatic carbocycles. The topological polar surface area (TPSA) is 81.7 Å². The number of rotatable bonds is 4. The highest BCUT2D eigenvalue weighted by Gasteiger charge is 2.18. The minimum absolute atomic E-state index is 0.121. The molecule has 8 heteroatoms. The van der Waals surface area contributed by atoms with Gasteiger partial charge in [0.15, 0.2) is 0 Å².